The molecule has 0 saturated carbocycles. The van der Waals surface area contributed by atoms with Crippen molar-refractivity contribution < 1.29 is 9.47 Å². The second-order valence-corrected chi connectivity index (χ2v) is 5.58. The number of rotatable bonds is 10. The molecule has 1 heterocycles. The number of aromatic nitrogens is 3. The second-order valence-electron chi connectivity index (χ2n) is 5.58. The van der Waals surface area contributed by atoms with Crippen LogP contribution in [0, 0.1) is 0 Å². The molecule has 0 bridgehead atoms. The number of para-hydroxylation sites is 1. The first-order valence-electron chi connectivity index (χ1n) is 8.79. The summed E-state index contributed by atoms with van der Waals surface area (Å²) in [7, 11) is 3.42. The molecule has 1 aromatic carbocycles. The van der Waals surface area contributed by atoms with Gasteiger partial charge in [0.1, 0.15) is 17.9 Å². The van der Waals surface area contributed by atoms with E-state index in [-0.39, 0.29) is 0 Å². The van der Waals surface area contributed by atoms with Crippen LogP contribution in [-0.4, -0.2) is 54.6 Å². The second kappa shape index (κ2) is 11.1. The van der Waals surface area contributed by atoms with E-state index in [4.69, 9.17) is 9.47 Å². The lowest BCUT2D eigenvalue weighted by Gasteiger charge is -2.13. The van der Waals surface area contributed by atoms with Gasteiger partial charge < -0.3 is 24.7 Å². The van der Waals surface area contributed by atoms with Gasteiger partial charge in [0, 0.05) is 38.7 Å². The molecule has 0 spiro atoms. The van der Waals surface area contributed by atoms with E-state index in [1.807, 2.05) is 28.8 Å². The lowest BCUT2D eigenvalue weighted by molar-refractivity contribution is 0.123. The summed E-state index contributed by atoms with van der Waals surface area (Å²) in [5.41, 5.74) is 1.04. The summed E-state index contributed by atoms with van der Waals surface area (Å²) in [6, 6.07) is 7.86. The van der Waals surface area contributed by atoms with Gasteiger partial charge in [-0.2, -0.15) is 0 Å². The third kappa shape index (κ3) is 6.03. The van der Waals surface area contributed by atoms with Crippen LogP contribution >= 0.6 is 0 Å². The molecule has 1 aromatic heterocycles. The Morgan fingerprint density at radius 2 is 2.04 bits per heavy atom. The zero-order valence-electron chi connectivity index (χ0n) is 15.7. The van der Waals surface area contributed by atoms with Gasteiger partial charge in [-0.05, 0) is 6.07 Å². The van der Waals surface area contributed by atoms with Crippen LogP contribution in [0.15, 0.2) is 35.6 Å². The Morgan fingerprint density at radius 3 is 2.81 bits per heavy atom. The molecule has 2 aromatic rings. The van der Waals surface area contributed by atoms with Crippen LogP contribution in [-0.2, 0) is 24.3 Å². The van der Waals surface area contributed by atoms with Crippen molar-refractivity contribution >= 4 is 5.96 Å². The monoisotopic (exact) mass is 360 g/mol. The lowest BCUT2D eigenvalue weighted by atomic mass is 10.2. The van der Waals surface area contributed by atoms with E-state index >= 15 is 0 Å². The van der Waals surface area contributed by atoms with Crippen LogP contribution in [0.5, 0.6) is 5.75 Å². The number of guanidine groups is 1. The van der Waals surface area contributed by atoms with Gasteiger partial charge in [0.2, 0.25) is 0 Å². The maximum atomic E-state index is 5.70. The third-order valence-electron chi connectivity index (χ3n) is 3.87. The average Bonchev–Trinajstić information content (AvgIpc) is 3.14. The molecule has 0 unspecified atom stereocenters. The minimum Gasteiger partial charge on any atom is -0.496 e. The largest absolute Gasteiger partial charge is 0.496 e. The minimum atomic E-state index is 0.519. The van der Waals surface area contributed by atoms with E-state index in [2.05, 4.69) is 32.7 Å². The number of aliphatic imine (C=N–C) groups is 1. The number of methoxy groups -OCH3 is 1. The van der Waals surface area contributed by atoms with E-state index in [0.29, 0.717) is 19.8 Å². The van der Waals surface area contributed by atoms with E-state index in [1.165, 1.54) is 0 Å². The molecule has 0 radical (unpaired) electrons. The molecule has 2 N–H and O–H groups in total. The number of ether oxygens (including phenoxy) is 2. The summed E-state index contributed by atoms with van der Waals surface area (Å²) in [5.74, 6) is 2.58. The van der Waals surface area contributed by atoms with Gasteiger partial charge in [0.05, 0.1) is 20.3 Å². The zero-order chi connectivity index (χ0) is 18.6. The van der Waals surface area contributed by atoms with Crippen LogP contribution < -0.4 is 15.4 Å². The summed E-state index contributed by atoms with van der Waals surface area (Å²) >= 11 is 0. The van der Waals surface area contributed by atoms with Crippen molar-refractivity contribution in [2.75, 3.05) is 33.9 Å². The van der Waals surface area contributed by atoms with Crippen molar-refractivity contribution in [1.29, 1.82) is 0 Å². The van der Waals surface area contributed by atoms with Crippen molar-refractivity contribution in [1.82, 2.24) is 25.4 Å². The predicted octanol–water partition coefficient (Wildman–Crippen LogP) is 1.23. The normalized spacial score (nSPS) is 11.4. The van der Waals surface area contributed by atoms with Crippen LogP contribution in [0.1, 0.15) is 18.3 Å². The molecular weight excluding hydrogens is 332 g/mol. The molecule has 2 rings (SSSR count). The first-order chi connectivity index (χ1) is 12.8. The molecule has 0 amide bonds. The maximum Gasteiger partial charge on any atom is 0.191 e. The number of hydrogen-bond acceptors (Lipinski definition) is 5. The zero-order valence-corrected chi connectivity index (χ0v) is 15.7. The summed E-state index contributed by atoms with van der Waals surface area (Å²) in [6.07, 6.45) is 2.62. The van der Waals surface area contributed by atoms with Crippen LogP contribution in [0.25, 0.3) is 0 Å². The van der Waals surface area contributed by atoms with Crippen molar-refractivity contribution in [3.05, 3.63) is 42.0 Å². The van der Waals surface area contributed by atoms with E-state index in [1.54, 1.807) is 20.5 Å². The highest BCUT2D eigenvalue weighted by atomic mass is 16.5. The third-order valence-corrected chi connectivity index (χ3v) is 3.87. The van der Waals surface area contributed by atoms with Crippen molar-refractivity contribution in [3.63, 3.8) is 0 Å². The molecule has 0 atom stereocenters. The van der Waals surface area contributed by atoms with Gasteiger partial charge in [-0.3, -0.25) is 4.99 Å². The first kappa shape index (κ1) is 19.7. The molecule has 0 fully saturated rings. The van der Waals surface area contributed by atoms with Gasteiger partial charge in [-0.1, -0.05) is 25.1 Å². The van der Waals surface area contributed by atoms with Crippen LogP contribution in [0.3, 0.4) is 0 Å². The smallest absolute Gasteiger partial charge is 0.191 e. The first-order valence-corrected chi connectivity index (χ1v) is 8.79. The van der Waals surface area contributed by atoms with Crippen molar-refractivity contribution in [3.8, 4) is 5.75 Å². The van der Waals surface area contributed by atoms with Crippen LogP contribution in [0.4, 0.5) is 0 Å². The molecule has 8 nitrogen and oxygen atoms in total. The topological polar surface area (TPSA) is 85.6 Å². The molecule has 0 aliphatic rings. The van der Waals surface area contributed by atoms with Crippen molar-refractivity contribution in [2.24, 2.45) is 4.99 Å². The average molecular weight is 360 g/mol. The quantitative estimate of drug-likeness (QED) is 0.377. The Kier molecular flexibility index (Phi) is 8.41. The van der Waals surface area contributed by atoms with Gasteiger partial charge >= 0.3 is 0 Å². The van der Waals surface area contributed by atoms with Gasteiger partial charge in [0.15, 0.2) is 5.96 Å². The highest BCUT2D eigenvalue weighted by molar-refractivity contribution is 5.79. The fourth-order valence-corrected chi connectivity index (χ4v) is 2.50. The summed E-state index contributed by atoms with van der Waals surface area (Å²) in [5, 5.41) is 14.5. The number of nitrogens with zero attached hydrogens (tertiary/aromatic N) is 4. The van der Waals surface area contributed by atoms with Crippen LogP contribution in [0.2, 0.25) is 0 Å². The van der Waals surface area contributed by atoms with Gasteiger partial charge in [-0.25, -0.2) is 0 Å². The Hall–Kier alpha value is -2.61. The maximum absolute atomic E-state index is 5.70. The molecule has 26 heavy (non-hydrogen) atoms. The summed E-state index contributed by atoms with van der Waals surface area (Å²) < 4.78 is 13.1. The number of benzene rings is 1. The van der Waals surface area contributed by atoms with E-state index in [9.17, 15) is 0 Å². The van der Waals surface area contributed by atoms with E-state index < -0.39 is 0 Å². The molecule has 0 aliphatic carbocycles. The Balaban J connectivity index is 1.63. The number of hydrogen-bond donors (Lipinski definition) is 2. The lowest BCUT2D eigenvalue weighted by Crippen LogP contribution is -2.40. The Bertz CT molecular complexity index is 686. The highest BCUT2D eigenvalue weighted by Crippen LogP contribution is 2.17. The number of nitrogens with one attached hydrogen (secondary N) is 2. The molecule has 0 aliphatic heterocycles. The Morgan fingerprint density at radius 1 is 1.23 bits per heavy atom. The summed E-state index contributed by atoms with van der Waals surface area (Å²) in [4.78, 5) is 4.21. The van der Waals surface area contributed by atoms with Gasteiger partial charge in [0.25, 0.3) is 0 Å². The fraction of sp³-hybridized carbons (Fsp3) is 0.500. The van der Waals surface area contributed by atoms with Crippen molar-refractivity contribution in [2.45, 2.75) is 26.5 Å². The van der Waals surface area contributed by atoms with Gasteiger partial charge in [-0.15, -0.1) is 10.2 Å². The molecule has 0 saturated heterocycles. The minimum absolute atomic E-state index is 0.519. The standard InChI is InChI=1S/C18H28N6O2/c1-4-17-23-22-14-24(17)11-9-20-18(19-2)21-10-12-26-13-15-7-5-6-8-16(15)25-3/h5-8,14H,4,9-13H2,1-3H3,(H2,19,20,21). The Labute approximate surface area is 154 Å². The molecular formula is C18H28N6O2. The molecule has 8 heteroatoms. The molecule has 142 valence electrons. The highest BCUT2D eigenvalue weighted by Gasteiger charge is 2.03. The predicted molar refractivity (Wildman–Crippen MR) is 101 cm³/mol. The van der Waals surface area contributed by atoms with E-state index in [0.717, 1.165) is 42.6 Å². The SMILES string of the molecule is CCc1nncn1CCNC(=NC)NCCOCc1ccccc1OC. The summed E-state index contributed by atoms with van der Waals surface area (Å²) in [6.45, 7) is 5.37. The fourth-order valence-electron chi connectivity index (χ4n) is 2.50. The number of aryl methyl sites for hydroxylation is 1.